The average molecular weight is 295 g/mol. The molecule has 0 N–H and O–H groups in total. The van der Waals surface area contributed by atoms with Crippen LogP contribution in [0.4, 0.5) is 0 Å². The fourth-order valence-electron chi connectivity index (χ4n) is 2.54. The number of hydrogen-bond donors (Lipinski definition) is 0. The zero-order chi connectivity index (χ0) is 13.9. The van der Waals surface area contributed by atoms with Gasteiger partial charge in [0.05, 0.1) is 0 Å². The number of hydrogen-bond acceptors (Lipinski definition) is 2. The summed E-state index contributed by atoms with van der Waals surface area (Å²) in [6, 6.07) is 10.8. The Kier molecular flexibility index (Phi) is 4.76. The van der Waals surface area contributed by atoms with Crippen molar-refractivity contribution in [1.29, 1.82) is 0 Å². The predicted molar refractivity (Wildman–Crippen MR) is 75.5 cm³/mol. The van der Waals surface area contributed by atoms with E-state index < -0.39 is 0 Å². The summed E-state index contributed by atoms with van der Waals surface area (Å²) in [5, 5.41) is 0. The van der Waals surface area contributed by atoms with Crippen LogP contribution >= 0.6 is 0 Å². The van der Waals surface area contributed by atoms with E-state index in [0.29, 0.717) is 0 Å². The first-order valence-electron chi connectivity index (χ1n) is 6.68. The second-order valence-corrected chi connectivity index (χ2v) is 6.01. The molecule has 19 heavy (non-hydrogen) atoms. The van der Waals surface area contributed by atoms with Crippen molar-refractivity contribution < 1.29 is 20.6 Å². The van der Waals surface area contributed by atoms with Crippen LogP contribution in [-0.4, -0.2) is 21.7 Å². The number of rotatable bonds is 5. The summed E-state index contributed by atoms with van der Waals surface area (Å²) >= 11 is 3.22. The first-order chi connectivity index (χ1) is 9.06. The third kappa shape index (κ3) is 3.24. The Morgan fingerprint density at radius 2 is 2.16 bits per heavy atom. The van der Waals surface area contributed by atoms with Crippen molar-refractivity contribution in [1.82, 2.24) is 4.90 Å². The number of allylic oxidation sites excluding steroid dienone is 1. The number of ether oxygens (including phenoxy) is 1. The van der Waals surface area contributed by atoms with E-state index in [2.05, 4.69) is 71.5 Å². The Labute approximate surface area is 124 Å². The summed E-state index contributed by atoms with van der Waals surface area (Å²) in [6.45, 7) is 8.78. The quantitative estimate of drug-likeness (QED) is 0.772. The van der Waals surface area contributed by atoms with Gasteiger partial charge in [-0.15, -0.1) is 0 Å². The SMILES string of the molecule is C=CCC[C](=[Cr])N1[C@H](c2ccccc2)COC1(C)C. The van der Waals surface area contributed by atoms with Crippen LogP contribution in [0.3, 0.4) is 0 Å². The molecule has 2 rings (SSSR count). The molecular weight excluding hydrogens is 274 g/mol. The second kappa shape index (κ2) is 6.16. The third-order valence-electron chi connectivity index (χ3n) is 3.50. The second-order valence-electron chi connectivity index (χ2n) is 5.28. The van der Waals surface area contributed by atoms with Crippen LogP contribution in [0.5, 0.6) is 0 Å². The van der Waals surface area contributed by atoms with Gasteiger partial charge in [-0.1, -0.05) is 0 Å². The average Bonchev–Trinajstić information content (AvgIpc) is 2.73. The summed E-state index contributed by atoms with van der Waals surface area (Å²) in [5.74, 6) is 0. The van der Waals surface area contributed by atoms with Crippen LogP contribution in [0.25, 0.3) is 0 Å². The standard InChI is InChI=1S/C16H21NO.Cr/c1-4-5-9-12-17-15(13-18-16(17,2)3)14-10-7-6-8-11-14;/h4,6-8,10-11,15H,1,5,9,13H2,2-3H3;/t15-;/m0./s1. The Morgan fingerprint density at radius 3 is 2.79 bits per heavy atom. The van der Waals surface area contributed by atoms with Gasteiger partial charge < -0.3 is 0 Å². The molecule has 0 bridgehead atoms. The maximum absolute atomic E-state index is 5.98. The van der Waals surface area contributed by atoms with E-state index in [1.54, 1.807) is 0 Å². The van der Waals surface area contributed by atoms with Crippen LogP contribution in [0.15, 0.2) is 43.0 Å². The normalized spacial score (nSPS) is 22.3. The molecule has 1 fully saturated rings. The molecule has 0 saturated carbocycles. The summed E-state index contributed by atoms with van der Waals surface area (Å²) in [7, 11) is 0. The van der Waals surface area contributed by atoms with E-state index in [9.17, 15) is 0 Å². The van der Waals surface area contributed by atoms with Crippen molar-refractivity contribution in [3.63, 3.8) is 0 Å². The number of nitrogens with zero attached hydrogens (tertiary/aromatic N) is 1. The van der Waals surface area contributed by atoms with Gasteiger partial charge in [-0.2, -0.15) is 0 Å². The van der Waals surface area contributed by atoms with E-state index in [4.69, 9.17) is 4.74 Å². The minimum absolute atomic E-state index is 0.262. The molecule has 0 aromatic heterocycles. The third-order valence-corrected chi connectivity index (χ3v) is 4.13. The van der Waals surface area contributed by atoms with Crippen LogP contribution in [0.1, 0.15) is 38.3 Å². The van der Waals surface area contributed by atoms with Crippen molar-refractivity contribution in [2.24, 2.45) is 0 Å². The first kappa shape index (κ1) is 14.7. The van der Waals surface area contributed by atoms with Gasteiger partial charge in [-0.05, 0) is 0 Å². The molecular formula is C16H21CrNO. The summed E-state index contributed by atoms with van der Waals surface area (Å²) < 4.78 is 7.23. The van der Waals surface area contributed by atoms with Gasteiger partial charge in [0.25, 0.3) is 0 Å². The van der Waals surface area contributed by atoms with Crippen molar-refractivity contribution in [2.75, 3.05) is 6.61 Å². The zero-order valence-electron chi connectivity index (χ0n) is 11.6. The van der Waals surface area contributed by atoms with Gasteiger partial charge in [-0.3, -0.25) is 0 Å². The molecule has 1 heterocycles. The van der Waals surface area contributed by atoms with Crippen molar-refractivity contribution in [2.45, 2.75) is 38.5 Å². The molecule has 2 nitrogen and oxygen atoms in total. The van der Waals surface area contributed by atoms with E-state index in [1.165, 1.54) is 10.1 Å². The zero-order valence-corrected chi connectivity index (χ0v) is 12.9. The molecule has 0 amide bonds. The van der Waals surface area contributed by atoms with E-state index in [0.717, 1.165) is 19.4 Å². The minimum atomic E-state index is -0.262. The van der Waals surface area contributed by atoms with Gasteiger partial charge in [-0.25, -0.2) is 0 Å². The molecule has 3 heteroatoms. The monoisotopic (exact) mass is 295 g/mol. The van der Waals surface area contributed by atoms with Gasteiger partial charge >= 0.3 is 124 Å². The molecule has 1 aromatic rings. The van der Waals surface area contributed by atoms with E-state index in [1.807, 2.05) is 6.08 Å². The molecule has 0 spiro atoms. The van der Waals surface area contributed by atoms with Gasteiger partial charge in [0.1, 0.15) is 0 Å². The van der Waals surface area contributed by atoms with Crippen LogP contribution < -0.4 is 0 Å². The van der Waals surface area contributed by atoms with E-state index in [-0.39, 0.29) is 11.8 Å². The Balaban J connectivity index is 2.24. The molecule has 1 saturated heterocycles. The first-order valence-corrected chi connectivity index (χ1v) is 7.32. The van der Waals surface area contributed by atoms with Gasteiger partial charge in [0.15, 0.2) is 0 Å². The maximum atomic E-state index is 5.98. The number of benzene rings is 1. The summed E-state index contributed by atoms with van der Waals surface area (Å²) in [5.41, 5.74) is 1.04. The molecule has 1 atom stereocenters. The van der Waals surface area contributed by atoms with Crippen molar-refractivity contribution in [3.8, 4) is 0 Å². The van der Waals surface area contributed by atoms with Crippen LogP contribution in [-0.2, 0) is 20.6 Å². The molecule has 1 aromatic carbocycles. The van der Waals surface area contributed by atoms with Crippen LogP contribution in [0.2, 0.25) is 0 Å². The summed E-state index contributed by atoms with van der Waals surface area (Å²) in [4.78, 5) is 2.37. The van der Waals surface area contributed by atoms with Gasteiger partial charge in [0, 0.05) is 0 Å². The van der Waals surface area contributed by atoms with Crippen LogP contribution in [0, 0.1) is 0 Å². The molecule has 1 aliphatic rings. The van der Waals surface area contributed by atoms with Crippen molar-refractivity contribution in [3.05, 3.63) is 48.6 Å². The molecule has 1 aliphatic heterocycles. The predicted octanol–water partition coefficient (Wildman–Crippen LogP) is 3.44. The molecule has 0 radical (unpaired) electrons. The molecule has 0 unspecified atom stereocenters. The Hall–Kier alpha value is -0.718. The van der Waals surface area contributed by atoms with Crippen molar-refractivity contribution >= 4 is 4.50 Å². The summed E-state index contributed by atoms with van der Waals surface area (Å²) in [6.07, 6.45) is 3.93. The Morgan fingerprint density at radius 1 is 1.47 bits per heavy atom. The fraction of sp³-hybridized carbons (Fsp3) is 0.438. The topological polar surface area (TPSA) is 12.5 Å². The molecule has 0 aliphatic carbocycles. The fourth-order valence-corrected chi connectivity index (χ4v) is 3.27. The Bertz CT molecular complexity index is 455. The molecule has 102 valence electrons. The van der Waals surface area contributed by atoms with E-state index >= 15 is 0 Å². The van der Waals surface area contributed by atoms with Gasteiger partial charge in [0.2, 0.25) is 0 Å².